The summed E-state index contributed by atoms with van der Waals surface area (Å²) in [5, 5.41) is 11.7. The quantitative estimate of drug-likeness (QED) is 0.217. The van der Waals surface area contributed by atoms with Crippen LogP contribution in [0.5, 0.6) is 0 Å². The topological polar surface area (TPSA) is 81.5 Å². The molecule has 6 nitrogen and oxygen atoms in total. The van der Waals surface area contributed by atoms with E-state index in [0.717, 1.165) is 5.56 Å². The Labute approximate surface area is 170 Å². The van der Waals surface area contributed by atoms with Crippen molar-refractivity contribution < 1.29 is 9.34 Å². The summed E-state index contributed by atoms with van der Waals surface area (Å²) in [5.41, 5.74) is 3.44. The predicted octanol–water partition coefficient (Wildman–Crippen LogP) is 6.47. The van der Waals surface area contributed by atoms with Crippen LogP contribution in [0.25, 0.3) is 28.6 Å². The highest BCUT2D eigenvalue weighted by Gasteiger charge is 2.09. The van der Waals surface area contributed by atoms with Crippen molar-refractivity contribution in [2.24, 2.45) is 4.99 Å². The fourth-order valence-electron chi connectivity index (χ4n) is 2.78. The third-order valence-corrected chi connectivity index (χ3v) is 4.43. The van der Waals surface area contributed by atoms with Gasteiger partial charge in [-0.15, -0.1) is 0 Å². The van der Waals surface area contributed by atoms with Crippen LogP contribution in [0, 0.1) is 10.1 Å². The first-order valence-electron chi connectivity index (χ1n) is 8.71. The third-order valence-electron chi connectivity index (χ3n) is 4.18. The Balaban J connectivity index is 1.54. The van der Waals surface area contributed by atoms with Crippen molar-refractivity contribution >= 4 is 46.4 Å². The average molecular weight is 404 g/mol. The second-order valence-electron chi connectivity index (χ2n) is 6.13. The lowest BCUT2D eigenvalue weighted by Gasteiger charge is -1.95. The Kier molecular flexibility index (Phi) is 5.18. The number of aliphatic imine (C=N–C) groups is 1. The van der Waals surface area contributed by atoms with Gasteiger partial charge in [0.2, 0.25) is 5.89 Å². The molecule has 1 aromatic heterocycles. The molecule has 0 aliphatic heterocycles. The van der Waals surface area contributed by atoms with Gasteiger partial charge in [-0.2, -0.15) is 0 Å². The van der Waals surface area contributed by atoms with Gasteiger partial charge in [0.25, 0.3) is 5.69 Å². The van der Waals surface area contributed by atoms with E-state index in [1.165, 1.54) is 6.07 Å². The first kappa shape index (κ1) is 18.6. The van der Waals surface area contributed by atoms with Crippen molar-refractivity contribution in [3.05, 3.63) is 93.5 Å². The van der Waals surface area contributed by atoms with Crippen LogP contribution in [0.3, 0.4) is 0 Å². The second-order valence-corrected chi connectivity index (χ2v) is 6.57. The summed E-state index contributed by atoms with van der Waals surface area (Å²) >= 11 is 5.92. The Morgan fingerprint density at radius 2 is 1.86 bits per heavy atom. The zero-order valence-electron chi connectivity index (χ0n) is 15.0. The summed E-state index contributed by atoms with van der Waals surface area (Å²) in [4.78, 5) is 19.5. The normalized spacial score (nSPS) is 11.6. The molecule has 142 valence electrons. The summed E-state index contributed by atoms with van der Waals surface area (Å²) in [7, 11) is 0. The third kappa shape index (κ3) is 4.23. The smallest absolute Gasteiger partial charge is 0.276 e. The SMILES string of the molecule is O=[N+]([O-])c1ccccc1C=CC=Nc1ccc2oc(-c3ccc(Cl)cc3)nc2c1. The molecular formula is C22H14ClN3O3. The van der Waals surface area contributed by atoms with Crippen LogP contribution in [0.4, 0.5) is 11.4 Å². The second kappa shape index (κ2) is 8.08. The fraction of sp³-hybridized carbons (Fsp3) is 0. The number of fused-ring (bicyclic) bond motifs is 1. The number of nitrogens with zero attached hydrogens (tertiary/aromatic N) is 3. The van der Waals surface area contributed by atoms with Crippen molar-refractivity contribution in [3.63, 3.8) is 0 Å². The highest BCUT2D eigenvalue weighted by atomic mass is 35.5. The van der Waals surface area contributed by atoms with Crippen LogP contribution in [0.2, 0.25) is 5.02 Å². The van der Waals surface area contributed by atoms with Gasteiger partial charge < -0.3 is 4.42 Å². The number of benzene rings is 3. The van der Waals surface area contributed by atoms with Gasteiger partial charge in [-0.3, -0.25) is 15.1 Å². The van der Waals surface area contributed by atoms with Gasteiger partial charge in [0.15, 0.2) is 5.58 Å². The molecule has 0 aliphatic rings. The van der Waals surface area contributed by atoms with Crippen LogP contribution in [0.1, 0.15) is 5.56 Å². The van der Waals surface area contributed by atoms with Crippen molar-refractivity contribution in [1.29, 1.82) is 0 Å². The molecule has 0 bridgehead atoms. The molecular weight excluding hydrogens is 390 g/mol. The maximum Gasteiger partial charge on any atom is 0.276 e. The van der Waals surface area contributed by atoms with Gasteiger partial charge in [0.05, 0.1) is 16.2 Å². The molecule has 0 radical (unpaired) electrons. The van der Waals surface area contributed by atoms with E-state index >= 15 is 0 Å². The lowest BCUT2D eigenvalue weighted by atomic mass is 10.1. The van der Waals surface area contributed by atoms with E-state index in [1.807, 2.05) is 24.3 Å². The van der Waals surface area contributed by atoms with Crippen molar-refractivity contribution in [1.82, 2.24) is 4.98 Å². The molecule has 0 saturated heterocycles. The number of hydrogen-bond donors (Lipinski definition) is 0. The number of allylic oxidation sites excluding steroid dienone is 1. The van der Waals surface area contributed by atoms with Crippen LogP contribution in [-0.4, -0.2) is 16.1 Å². The Bertz CT molecular complexity index is 1240. The Morgan fingerprint density at radius 1 is 1.07 bits per heavy atom. The minimum Gasteiger partial charge on any atom is -0.436 e. The van der Waals surface area contributed by atoms with Crippen LogP contribution >= 0.6 is 11.6 Å². The molecule has 0 saturated carbocycles. The minimum absolute atomic E-state index is 0.0518. The van der Waals surface area contributed by atoms with Gasteiger partial charge in [-0.05, 0) is 60.7 Å². The van der Waals surface area contributed by atoms with E-state index in [-0.39, 0.29) is 5.69 Å². The van der Waals surface area contributed by atoms with E-state index in [2.05, 4.69) is 9.98 Å². The summed E-state index contributed by atoms with van der Waals surface area (Å²) in [6.07, 6.45) is 4.89. The van der Waals surface area contributed by atoms with Crippen LogP contribution in [-0.2, 0) is 0 Å². The van der Waals surface area contributed by atoms with E-state index in [4.69, 9.17) is 16.0 Å². The monoisotopic (exact) mass is 403 g/mol. The number of oxazole rings is 1. The lowest BCUT2D eigenvalue weighted by molar-refractivity contribution is -0.385. The van der Waals surface area contributed by atoms with Crippen molar-refractivity contribution in [2.75, 3.05) is 0 Å². The van der Waals surface area contributed by atoms with Gasteiger partial charge >= 0.3 is 0 Å². The lowest BCUT2D eigenvalue weighted by Crippen LogP contribution is -1.90. The molecule has 1 heterocycles. The highest BCUT2D eigenvalue weighted by Crippen LogP contribution is 2.28. The van der Waals surface area contributed by atoms with Crippen molar-refractivity contribution in [3.8, 4) is 11.5 Å². The maximum atomic E-state index is 11.0. The number of halogens is 1. The summed E-state index contributed by atoms with van der Waals surface area (Å²) in [5.74, 6) is 0.508. The van der Waals surface area contributed by atoms with Gasteiger partial charge in [-0.1, -0.05) is 23.7 Å². The highest BCUT2D eigenvalue weighted by molar-refractivity contribution is 6.30. The molecule has 0 amide bonds. The molecule has 0 unspecified atom stereocenters. The molecule has 0 fully saturated rings. The minimum atomic E-state index is -0.409. The molecule has 4 rings (SSSR count). The molecule has 7 heteroatoms. The zero-order valence-corrected chi connectivity index (χ0v) is 15.8. The van der Waals surface area contributed by atoms with Crippen molar-refractivity contribution in [2.45, 2.75) is 0 Å². The standard InChI is InChI=1S/C22H14ClN3O3/c23-17-9-7-16(8-10-17)22-25-19-14-18(11-12-21(19)29-22)24-13-3-5-15-4-1-2-6-20(15)26(27)28/h1-14H. The van der Waals surface area contributed by atoms with E-state index in [9.17, 15) is 10.1 Å². The summed E-state index contributed by atoms with van der Waals surface area (Å²) < 4.78 is 5.78. The number of aromatic nitrogens is 1. The maximum absolute atomic E-state index is 11.0. The first-order valence-corrected chi connectivity index (χ1v) is 9.09. The summed E-state index contributed by atoms with van der Waals surface area (Å²) in [6.45, 7) is 0. The fourth-order valence-corrected chi connectivity index (χ4v) is 2.91. The molecule has 0 aliphatic carbocycles. The van der Waals surface area contributed by atoms with E-state index in [1.54, 1.807) is 54.8 Å². The van der Waals surface area contributed by atoms with Crippen LogP contribution in [0.15, 0.2) is 82.2 Å². The Hall–Kier alpha value is -3.77. The number of para-hydroxylation sites is 1. The van der Waals surface area contributed by atoms with Gasteiger partial charge in [-0.25, -0.2) is 4.98 Å². The van der Waals surface area contributed by atoms with Crippen LogP contribution < -0.4 is 0 Å². The Morgan fingerprint density at radius 3 is 2.66 bits per heavy atom. The first-order chi connectivity index (χ1) is 14.1. The number of nitro groups is 1. The average Bonchev–Trinajstić information content (AvgIpc) is 3.15. The molecule has 0 spiro atoms. The van der Waals surface area contributed by atoms with E-state index < -0.39 is 4.92 Å². The predicted molar refractivity (Wildman–Crippen MR) is 115 cm³/mol. The largest absolute Gasteiger partial charge is 0.436 e. The van der Waals surface area contributed by atoms with E-state index in [0.29, 0.717) is 33.3 Å². The van der Waals surface area contributed by atoms with Gasteiger partial charge in [0, 0.05) is 22.9 Å². The molecule has 0 atom stereocenters. The number of hydrogen-bond acceptors (Lipinski definition) is 5. The molecule has 4 aromatic rings. The molecule has 0 N–H and O–H groups in total. The molecule has 29 heavy (non-hydrogen) atoms. The molecule has 3 aromatic carbocycles. The number of nitro benzene ring substituents is 1. The zero-order chi connectivity index (χ0) is 20.2. The summed E-state index contributed by atoms with van der Waals surface area (Å²) in [6, 6.07) is 19.2. The number of rotatable bonds is 5. The van der Waals surface area contributed by atoms with Gasteiger partial charge in [0.1, 0.15) is 5.52 Å².